The van der Waals surface area contributed by atoms with Gasteiger partial charge < -0.3 is 4.90 Å². The zero-order valence-corrected chi connectivity index (χ0v) is 34.7. The summed E-state index contributed by atoms with van der Waals surface area (Å²) in [6.07, 6.45) is 12.3. The molecule has 3 atom stereocenters. The molecule has 11 rings (SSSR count). The second-order valence-electron chi connectivity index (χ2n) is 18.7. The van der Waals surface area contributed by atoms with Crippen molar-refractivity contribution < 1.29 is 0 Å². The maximum atomic E-state index is 2.56. The van der Waals surface area contributed by atoms with Gasteiger partial charge in [-0.1, -0.05) is 167 Å². The molecule has 0 aliphatic heterocycles. The summed E-state index contributed by atoms with van der Waals surface area (Å²) in [5.74, 6) is 3.17. The van der Waals surface area contributed by atoms with Crippen molar-refractivity contribution in [1.29, 1.82) is 0 Å². The molecule has 3 unspecified atom stereocenters. The van der Waals surface area contributed by atoms with Gasteiger partial charge in [0.25, 0.3) is 0 Å². The largest absolute Gasteiger partial charge is 0.310 e. The molecule has 7 aromatic rings. The fourth-order valence-electron chi connectivity index (χ4n) is 11.9. The van der Waals surface area contributed by atoms with Crippen molar-refractivity contribution in [2.24, 2.45) is 11.8 Å². The number of hydrogen-bond donors (Lipinski definition) is 0. The lowest BCUT2D eigenvalue weighted by Gasteiger charge is -2.31. The normalized spacial score (nSPS) is 20.3. The molecule has 0 radical (unpaired) electrons. The lowest BCUT2D eigenvalue weighted by Crippen LogP contribution is -2.17. The lowest BCUT2D eigenvalue weighted by atomic mass is 9.81. The molecule has 4 aliphatic rings. The third-order valence-corrected chi connectivity index (χ3v) is 15.0. The van der Waals surface area contributed by atoms with E-state index in [0.717, 1.165) is 11.8 Å². The first-order chi connectivity index (χ1) is 29.0. The Morgan fingerprint density at radius 3 is 1.85 bits per heavy atom. The summed E-state index contributed by atoms with van der Waals surface area (Å²) in [7, 11) is 0. The molecule has 0 aromatic heterocycles. The Morgan fingerprint density at radius 1 is 0.441 bits per heavy atom. The summed E-state index contributed by atoms with van der Waals surface area (Å²) in [4.78, 5) is 2.56. The molecule has 4 aliphatic carbocycles. The summed E-state index contributed by atoms with van der Waals surface area (Å²) in [6.45, 7) is 4.81. The van der Waals surface area contributed by atoms with E-state index in [4.69, 9.17) is 0 Å². The first-order valence-electron chi connectivity index (χ1n) is 22.5. The van der Waals surface area contributed by atoms with E-state index in [0.29, 0.717) is 11.8 Å². The Bertz CT molecular complexity index is 2630. The lowest BCUT2D eigenvalue weighted by molar-refractivity contribution is 0.420. The number of anilines is 3. The minimum absolute atomic E-state index is 0.136. The van der Waals surface area contributed by atoms with Crippen LogP contribution in [-0.4, -0.2) is 0 Å². The van der Waals surface area contributed by atoms with Gasteiger partial charge in [0.2, 0.25) is 0 Å². The summed E-state index contributed by atoms with van der Waals surface area (Å²) in [6, 6.07) is 62.7. The quantitative estimate of drug-likeness (QED) is 0.149. The average Bonchev–Trinajstić information content (AvgIpc) is 4.00. The number of benzene rings is 7. The fourth-order valence-corrected chi connectivity index (χ4v) is 11.9. The van der Waals surface area contributed by atoms with E-state index in [1.807, 2.05) is 0 Å². The van der Waals surface area contributed by atoms with E-state index < -0.39 is 0 Å². The van der Waals surface area contributed by atoms with E-state index in [1.165, 1.54) is 142 Å². The number of nitrogens with zero attached hydrogens (tertiary/aromatic N) is 1. The van der Waals surface area contributed by atoms with E-state index >= 15 is 0 Å². The smallest absolute Gasteiger partial charge is 0.0543 e. The van der Waals surface area contributed by atoms with Crippen LogP contribution < -0.4 is 4.90 Å². The molecule has 0 N–H and O–H groups in total. The van der Waals surface area contributed by atoms with Crippen LogP contribution in [-0.2, 0) is 5.41 Å². The highest BCUT2D eigenvalue weighted by Crippen LogP contribution is 2.56. The minimum atomic E-state index is -0.136. The number of fused-ring (bicyclic) bond motifs is 5. The molecule has 3 saturated carbocycles. The zero-order chi connectivity index (χ0) is 39.5. The predicted octanol–water partition coefficient (Wildman–Crippen LogP) is 16.4. The van der Waals surface area contributed by atoms with E-state index in [9.17, 15) is 0 Å². The van der Waals surface area contributed by atoms with Crippen LogP contribution in [0.2, 0.25) is 0 Å². The van der Waals surface area contributed by atoms with Crippen LogP contribution >= 0.6 is 0 Å². The topological polar surface area (TPSA) is 3.24 Å². The van der Waals surface area contributed by atoms with Crippen molar-refractivity contribution in [3.8, 4) is 44.5 Å². The van der Waals surface area contributed by atoms with Crippen molar-refractivity contribution in [2.45, 2.75) is 88.9 Å². The summed E-state index contributed by atoms with van der Waals surface area (Å²) >= 11 is 0. The van der Waals surface area contributed by atoms with Gasteiger partial charge in [0.1, 0.15) is 0 Å². The van der Waals surface area contributed by atoms with Crippen LogP contribution in [0.1, 0.15) is 106 Å². The van der Waals surface area contributed by atoms with E-state index in [2.05, 4.69) is 183 Å². The van der Waals surface area contributed by atoms with Crippen LogP contribution in [0.3, 0.4) is 0 Å². The molecule has 3 fully saturated rings. The highest BCUT2D eigenvalue weighted by molar-refractivity contribution is 5.98. The van der Waals surface area contributed by atoms with Gasteiger partial charge in [-0.25, -0.2) is 0 Å². The third-order valence-electron chi connectivity index (χ3n) is 15.0. The molecule has 2 bridgehead atoms. The highest BCUT2D eigenvalue weighted by atomic mass is 15.1. The summed E-state index contributed by atoms with van der Waals surface area (Å²) in [5, 5.41) is 0. The monoisotopic (exact) mass is 765 g/mol. The van der Waals surface area contributed by atoms with Gasteiger partial charge >= 0.3 is 0 Å². The highest BCUT2D eigenvalue weighted by Gasteiger charge is 2.40. The molecule has 0 spiro atoms. The van der Waals surface area contributed by atoms with Crippen molar-refractivity contribution in [3.05, 3.63) is 186 Å². The number of hydrogen-bond acceptors (Lipinski definition) is 1. The second kappa shape index (κ2) is 14.9. The summed E-state index contributed by atoms with van der Waals surface area (Å²) < 4.78 is 0. The van der Waals surface area contributed by atoms with Gasteiger partial charge in [-0.2, -0.15) is 0 Å². The van der Waals surface area contributed by atoms with Gasteiger partial charge in [-0.3, -0.25) is 0 Å². The fraction of sp³-hybridized carbons (Fsp3) is 0.276. The molecule has 7 aromatic carbocycles. The Labute approximate surface area is 351 Å². The second-order valence-corrected chi connectivity index (χ2v) is 18.7. The Hall–Kier alpha value is -5.66. The van der Waals surface area contributed by atoms with Crippen LogP contribution in [0.25, 0.3) is 44.5 Å². The molecular formula is C58H55N. The van der Waals surface area contributed by atoms with E-state index in [-0.39, 0.29) is 5.41 Å². The molecule has 59 heavy (non-hydrogen) atoms. The predicted molar refractivity (Wildman–Crippen MR) is 249 cm³/mol. The van der Waals surface area contributed by atoms with Crippen LogP contribution in [0.4, 0.5) is 17.1 Å². The first-order valence-corrected chi connectivity index (χ1v) is 22.5. The van der Waals surface area contributed by atoms with Gasteiger partial charge in [0, 0.05) is 22.4 Å². The Morgan fingerprint density at radius 2 is 1.12 bits per heavy atom. The first kappa shape index (κ1) is 36.4. The van der Waals surface area contributed by atoms with Crippen molar-refractivity contribution in [2.75, 3.05) is 4.90 Å². The zero-order valence-electron chi connectivity index (χ0n) is 34.7. The van der Waals surface area contributed by atoms with Gasteiger partial charge in [0.05, 0.1) is 5.69 Å². The molecule has 0 saturated heterocycles. The standard InChI is InChI=1S/C58H55N/c1-58(2)55-23-12-11-22-51(55)53-37-54(50-21-10-9-20-49(50)42-16-7-4-8-17-42)57(38-56(53)58)59(48-32-28-43(29-33-48)52-35-39-24-25-46(52)34-39)47-30-26-41(27-31-47)45-19-13-18-44(36-45)40-14-5-3-6-15-40/h4,7-13,16-23,26-33,36-40,46,52H,3,5-6,14-15,24-25,34-35H2,1-2H3. The number of rotatable bonds is 8. The molecule has 0 amide bonds. The molecule has 1 heteroatoms. The molecule has 0 heterocycles. The SMILES string of the molecule is CC1(C)c2ccccc2-c2cc(-c3ccccc3-c3ccccc3)c(N(c3ccc(-c4cccc(C5CCCCC5)c4)cc3)c3ccc(C4CC5CCC4C5)cc3)cc21. The molecular weight excluding hydrogens is 711 g/mol. The van der Waals surface area contributed by atoms with Crippen LogP contribution in [0.15, 0.2) is 164 Å². The van der Waals surface area contributed by atoms with Crippen LogP contribution in [0.5, 0.6) is 0 Å². The van der Waals surface area contributed by atoms with Gasteiger partial charge in [0.15, 0.2) is 0 Å². The van der Waals surface area contributed by atoms with Crippen molar-refractivity contribution in [1.82, 2.24) is 0 Å². The Balaban J connectivity index is 1.09. The molecule has 292 valence electrons. The maximum Gasteiger partial charge on any atom is 0.0543 e. The minimum Gasteiger partial charge on any atom is -0.310 e. The van der Waals surface area contributed by atoms with Gasteiger partial charge in [-0.05, 0) is 153 Å². The van der Waals surface area contributed by atoms with Crippen molar-refractivity contribution in [3.63, 3.8) is 0 Å². The molecule has 1 nitrogen and oxygen atoms in total. The average molecular weight is 766 g/mol. The maximum absolute atomic E-state index is 2.56. The van der Waals surface area contributed by atoms with Crippen molar-refractivity contribution >= 4 is 17.1 Å². The van der Waals surface area contributed by atoms with E-state index in [1.54, 1.807) is 0 Å². The summed E-state index contributed by atoms with van der Waals surface area (Å²) in [5.41, 5.74) is 19.5. The Kier molecular flexibility index (Phi) is 9.18. The van der Waals surface area contributed by atoms with Crippen LogP contribution in [0, 0.1) is 11.8 Å². The third kappa shape index (κ3) is 6.46. The van der Waals surface area contributed by atoms with Gasteiger partial charge in [-0.15, -0.1) is 0 Å².